The first-order valence-corrected chi connectivity index (χ1v) is 17.8. The lowest BCUT2D eigenvalue weighted by Gasteiger charge is -2.28. The Balaban J connectivity index is 1.34. The van der Waals surface area contributed by atoms with Gasteiger partial charge in [0.2, 0.25) is 0 Å². The van der Waals surface area contributed by atoms with Gasteiger partial charge in [0.05, 0.1) is 12.7 Å². The zero-order valence-corrected chi connectivity index (χ0v) is 29.0. The number of halogens is 1. The van der Waals surface area contributed by atoms with Crippen LogP contribution in [0, 0.1) is 0 Å². The van der Waals surface area contributed by atoms with Crippen LogP contribution in [-0.4, -0.2) is 76.2 Å². The third kappa shape index (κ3) is 8.85. The topological polar surface area (TPSA) is 180 Å². The first-order chi connectivity index (χ1) is 23.8. The van der Waals surface area contributed by atoms with Gasteiger partial charge in [-0.05, 0) is 64.3 Å². The zero-order chi connectivity index (χ0) is 36.1. The lowest BCUT2D eigenvalue weighted by atomic mass is 9.98. The molecule has 1 aromatic carbocycles. The second kappa shape index (κ2) is 15.7. The molecule has 15 nitrogen and oxygen atoms in total. The summed E-state index contributed by atoms with van der Waals surface area (Å²) in [5, 5.41) is 2.54. The van der Waals surface area contributed by atoms with Crippen LogP contribution in [0.1, 0.15) is 52.3 Å². The molecule has 2 aliphatic rings. The summed E-state index contributed by atoms with van der Waals surface area (Å²) in [7, 11) is -4.44. The molecule has 0 spiro atoms. The Morgan fingerprint density at radius 1 is 1.16 bits per heavy atom. The van der Waals surface area contributed by atoms with Gasteiger partial charge in [0.25, 0.3) is 5.56 Å². The minimum absolute atomic E-state index is 0.0747. The summed E-state index contributed by atoms with van der Waals surface area (Å²) >= 11 is 0. The molecule has 1 fully saturated rings. The number of para-hydroxylation sites is 1. The highest BCUT2D eigenvalue weighted by Crippen LogP contribution is 2.48. The van der Waals surface area contributed by atoms with Crippen LogP contribution in [-0.2, 0) is 39.3 Å². The Bertz CT molecular complexity index is 1820. The summed E-state index contributed by atoms with van der Waals surface area (Å²) in [5.74, 6) is -0.483. The predicted octanol–water partition coefficient (Wildman–Crippen LogP) is 3.45. The number of hydrogen-bond acceptors (Lipinski definition) is 12. The minimum atomic E-state index is -4.44. The molecule has 1 saturated heterocycles. The smallest absolute Gasteiger partial charge is 0.459 e. The Morgan fingerprint density at radius 2 is 1.92 bits per heavy atom. The molecule has 4 heterocycles. The highest BCUT2D eigenvalue weighted by Gasteiger charge is 2.58. The molecule has 0 unspecified atom stereocenters. The Labute approximate surface area is 287 Å². The maximum absolute atomic E-state index is 16.8. The summed E-state index contributed by atoms with van der Waals surface area (Å²) in [6.45, 7) is 6.38. The number of carbonyl (C=O) groups excluding carboxylic acids is 2. The van der Waals surface area contributed by atoms with Crippen LogP contribution in [0.5, 0.6) is 5.75 Å². The van der Waals surface area contributed by atoms with Crippen LogP contribution in [0.2, 0.25) is 0 Å². The van der Waals surface area contributed by atoms with E-state index in [2.05, 4.69) is 20.0 Å². The molecular weight excluding hydrogens is 676 g/mol. The maximum Gasteiger partial charge on any atom is 0.459 e. The van der Waals surface area contributed by atoms with Crippen molar-refractivity contribution in [3.63, 3.8) is 0 Å². The number of pyridine rings is 1. The number of benzene rings is 1. The fraction of sp³-hybridized carbons (Fsp3) is 0.485. The van der Waals surface area contributed by atoms with E-state index in [1.807, 2.05) is 12.1 Å². The number of aromatic amines is 1. The van der Waals surface area contributed by atoms with E-state index < -0.39 is 73.8 Å². The fourth-order valence-corrected chi connectivity index (χ4v) is 7.25. The number of fused-ring (bicyclic) bond motifs is 1. The molecule has 2 aliphatic heterocycles. The standard InChI is InChI=1S/C33H41FN5O10P/c1-21(2)46-30(42)22(3)37-50(44,49-24-11-6-5-7-12-24)45-20-25-28(33(4,34)31(47-25)39-19-15-26(40)36-32(39)43)48-27(41)13-9-17-38-18-14-23-10-8-16-35-29(23)38/h5-8,10-12,15-16,19,21-22,25,28,31H,9,13-14,17-18,20H2,1-4H3,(H,37,44)(H,36,40,43)/t22-,25+,28+,31+,33+,50-/m0/s1. The van der Waals surface area contributed by atoms with Gasteiger partial charge in [0, 0.05) is 38.0 Å². The number of hydrogen-bond donors (Lipinski definition) is 2. The molecule has 0 amide bonds. The number of alkyl halides is 1. The van der Waals surface area contributed by atoms with Gasteiger partial charge in [0.1, 0.15) is 23.7 Å². The zero-order valence-electron chi connectivity index (χ0n) is 28.2. The van der Waals surface area contributed by atoms with E-state index in [9.17, 15) is 23.7 Å². The number of carbonyl (C=O) groups is 2. The molecule has 0 aliphatic carbocycles. The van der Waals surface area contributed by atoms with Gasteiger partial charge in [-0.15, -0.1) is 0 Å². The van der Waals surface area contributed by atoms with Crippen molar-refractivity contribution in [2.45, 2.75) is 83.2 Å². The molecule has 0 bridgehead atoms. The Hall–Kier alpha value is -4.37. The van der Waals surface area contributed by atoms with Crippen molar-refractivity contribution in [1.82, 2.24) is 19.6 Å². The SMILES string of the molecule is CC(C)OC(=O)[C@H](C)N[P@](=O)(OC[C@H]1O[C@@H](n2ccc(=O)[nH]c2=O)[C@](C)(F)[C@@H]1OC(=O)CCCN1CCc2cccnc21)Oc1ccccc1. The first kappa shape index (κ1) is 36.9. The number of esters is 2. The average Bonchev–Trinajstić information content (AvgIpc) is 3.57. The van der Waals surface area contributed by atoms with Gasteiger partial charge < -0.3 is 23.6 Å². The lowest BCUT2D eigenvalue weighted by Crippen LogP contribution is -2.46. The maximum atomic E-state index is 16.8. The highest BCUT2D eigenvalue weighted by atomic mass is 31.2. The van der Waals surface area contributed by atoms with E-state index in [0.29, 0.717) is 13.0 Å². The third-order valence-corrected chi connectivity index (χ3v) is 9.75. The average molecular weight is 718 g/mol. The number of H-pyrrole nitrogens is 1. The molecule has 2 aromatic heterocycles. The van der Waals surface area contributed by atoms with E-state index in [0.717, 1.165) is 48.1 Å². The molecule has 17 heteroatoms. The second-order valence-electron chi connectivity index (χ2n) is 12.5. The monoisotopic (exact) mass is 717 g/mol. The third-order valence-electron chi connectivity index (χ3n) is 8.10. The van der Waals surface area contributed by atoms with Crippen molar-refractivity contribution in [3.8, 4) is 5.75 Å². The predicted molar refractivity (Wildman–Crippen MR) is 178 cm³/mol. The van der Waals surface area contributed by atoms with Crippen molar-refractivity contribution in [2.24, 2.45) is 0 Å². The number of nitrogens with zero attached hydrogens (tertiary/aromatic N) is 3. The summed E-state index contributed by atoms with van der Waals surface area (Å²) < 4.78 is 59.9. The van der Waals surface area contributed by atoms with Gasteiger partial charge >= 0.3 is 25.4 Å². The molecular formula is C33H41FN5O10P. The number of rotatable bonds is 15. The molecule has 0 saturated carbocycles. The van der Waals surface area contributed by atoms with Crippen molar-refractivity contribution < 1.29 is 41.8 Å². The summed E-state index contributed by atoms with van der Waals surface area (Å²) in [6, 6.07) is 11.7. The minimum Gasteiger partial charge on any atom is -0.462 e. The number of aromatic nitrogens is 3. The molecule has 0 radical (unpaired) electrons. The van der Waals surface area contributed by atoms with Crippen molar-refractivity contribution >= 4 is 25.5 Å². The normalized spacial score (nSPS) is 23.2. The van der Waals surface area contributed by atoms with Gasteiger partial charge in [-0.1, -0.05) is 24.3 Å². The second-order valence-corrected chi connectivity index (χ2v) is 14.2. The van der Waals surface area contributed by atoms with E-state index in [4.69, 9.17) is 23.3 Å². The van der Waals surface area contributed by atoms with Crippen molar-refractivity contribution in [2.75, 3.05) is 24.6 Å². The summed E-state index contributed by atoms with van der Waals surface area (Å²) in [4.78, 5) is 58.7. The highest BCUT2D eigenvalue weighted by molar-refractivity contribution is 7.52. The van der Waals surface area contributed by atoms with Gasteiger partial charge in [-0.2, -0.15) is 5.09 Å². The largest absolute Gasteiger partial charge is 0.462 e. The van der Waals surface area contributed by atoms with E-state index in [1.54, 1.807) is 38.2 Å². The Kier molecular flexibility index (Phi) is 11.6. The molecule has 3 aromatic rings. The van der Waals surface area contributed by atoms with Crippen LogP contribution in [0.25, 0.3) is 0 Å². The van der Waals surface area contributed by atoms with Gasteiger partial charge in [-0.25, -0.2) is 18.7 Å². The van der Waals surface area contributed by atoms with Crippen molar-refractivity contribution in [1.29, 1.82) is 0 Å². The Morgan fingerprint density at radius 3 is 2.64 bits per heavy atom. The fourth-order valence-electron chi connectivity index (χ4n) is 5.75. The van der Waals surface area contributed by atoms with Crippen LogP contribution >= 0.6 is 7.75 Å². The molecule has 5 rings (SSSR count). The summed E-state index contributed by atoms with van der Waals surface area (Å²) in [6.07, 6.45) is -1.34. The van der Waals surface area contributed by atoms with Crippen LogP contribution in [0.3, 0.4) is 0 Å². The number of ether oxygens (including phenoxy) is 3. The van der Waals surface area contributed by atoms with Gasteiger partial charge in [-0.3, -0.25) is 28.5 Å². The van der Waals surface area contributed by atoms with Crippen molar-refractivity contribution in [3.05, 3.63) is 87.3 Å². The van der Waals surface area contributed by atoms with Crippen LogP contribution in [0.4, 0.5) is 10.2 Å². The summed E-state index contributed by atoms with van der Waals surface area (Å²) in [5.41, 5.74) is -3.10. The van der Waals surface area contributed by atoms with E-state index in [1.165, 1.54) is 19.1 Å². The lowest BCUT2D eigenvalue weighted by molar-refractivity contribution is -0.158. The molecule has 270 valence electrons. The van der Waals surface area contributed by atoms with E-state index in [-0.39, 0.29) is 12.2 Å². The van der Waals surface area contributed by atoms with Crippen LogP contribution < -0.4 is 25.8 Å². The number of anilines is 1. The quantitative estimate of drug-likeness (QED) is 0.173. The van der Waals surface area contributed by atoms with Crippen LogP contribution in [0.15, 0.2) is 70.5 Å². The van der Waals surface area contributed by atoms with E-state index >= 15 is 4.39 Å². The number of nitrogens with one attached hydrogen (secondary N) is 2. The molecule has 6 atom stereocenters. The molecule has 50 heavy (non-hydrogen) atoms. The first-order valence-electron chi connectivity index (χ1n) is 16.3. The molecule has 2 N–H and O–H groups in total. The van der Waals surface area contributed by atoms with Gasteiger partial charge in [0.15, 0.2) is 18.0 Å².